The second-order valence-electron chi connectivity index (χ2n) is 5.30. The fourth-order valence-corrected chi connectivity index (χ4v) is 1.55. The van der Waals surface area contributed by atoms with Gasteiger partial charge < -0.3 is 14.8 Å². The molecule has 5 nitrogen and oxygen atoms in total. The summed E-state index contributed by atoms with van der Waals surface area (Å²) in [5, 5.41) is 2.49. The first-order valence-corrected chi connectivity index (χ1v) is 6.48. The van der Waals surface area contributed by atoms with E-state index < -0.39 is 23.7 Å². The molecule has 21 heavy (non-hydrogen) atoms. The first kappa shape index (κ1) is 16.6. The molecule has 0 bridgehead atoms. The lowest BCUT2D eigenvalue weighted by Crippen LogP contribution is -2.38. The third-order valence-corrected chi connectivity index (χ3v) is 2.33. The van der Waals surface area contributed by atoms with Crippen LogP contribution in [0.2, 0.25) is 0 Å². The van der Waals surface area contributed by atoms with E-state index in [1.54, 1.807) is 51.1 Å². The Kier molecular flexibility index (Phi) is 5.79. The molecule has 0 fully saturated rings. The van der Waals surface area contributed by atoms with Gasteiger partial charge in [-0.05, 0) is 26.3 Å². The van der Waals surface area contributed by atoms with E-state index in [9.17, 15) is 9.59 Å². The van der Waals surface area contributed by atoms with Crippen LogP contribution >= 0.6 is 0 Å². The summed E-state index contributed by atoms with van der Waals surface area (Å²) in [7, 11) is 0. The predicted octanol–water partition coefficient (Wildman–Crippen LogP) is 2.43. The standard InChI is InChI=1S/C16H19NO4/c1-5-11-20-14(18)13(12-9-7-6-8-10-12)17-15(19)21-16(2,3)4/h1,6-10,13H,11H2,2-4H3,(H,17,19)/t13-/m1/s1. The Morgan fingerprint density at radius 2 is 1.90 bits per heavy atom. The van der Waals surface area contributed by atoms with Crippen molar-refractivity contribution in [2.24, 2.45) is 0 Å². The minimum absolute atomic E-state index is 0.155. The van der Waals surface area contributed by atoms with Gasteiger partial charge in [0.15, 0.2) is 12.6 Å². The number of amides is 1. The number of esters is 1. The topological polar surface area (TPSA) is 64.6 Å². The molecular formula is C16H19NO4. The molecule has 5 heteroatoms. The molecule has 0 radical (unpaired) electrons. The molecule has 0 unspecified atom stereocenters. The molecule has 0 saturated heterocycles. The largest absolute Gasteiger partial charge is 0.451 e. The second-order valence-corrected chi connectivity index (χ2v) is 5.30. The lowest BCUT2D eigenvalue weighted by atomic mass is 10.1. The van der Waals surface area contributed by atoms with Crippen LogP contribution in [0.3, 0.4) is 0 Å². The summed E-state index contributed by atoms with van der Waals surface area (Å²) in [4.78, 5) is 23.9. The van der Waals surface area contributed by atoms with Crippen molar-refractivity contribution in [2.45, 2.75) is 32.4 Å². The second kappa shape index (κ2) is 7.34. The van der Waals surface area contributed by atoms with Crippen molar-refractivity contribution in [1.29, 1.82) is 0 Å². The molecular weight excluding hydrogens is 270 g/mol. The van der Waals surface area contributed by atoms with Gasteiger partial charge in [0.25, 0.3) is 0 Å². The SMILES string of the molecule is C#CCOC(=O)[C@H](NC(=O)OC(C)(C)C)c1ccccc1. The molecule has 0 saturated carbocycles. The summed E-state index contributed by atoms with van der Waals surface area (Å²) in [6.45, 7) is 5.06. The smallest absolute Gasteiger partial charge is 0.408 e. The first-order valence-electron chi connectivity index (χ1n) is 6.48. The van der Waals surface area contributed by atoms with E-state index in [1.165, 1.54) is 0 Å². The maximum Gasteiger partial charge on any atom is 0.408 e. The quantitative estimate of drug-likeness (QED) is 0.683. The summed E-state index contributed by atoms with van der Waals surface area (Å²) < 4.78 is 10.0. The molecule has 0 aromatic heterocycles. The fraction of sp³-hybridized carbons (Fsp3) is 0.375. The highest BCUT2D eigenvalue weighted by atomic mass is 16.6. The molecule has 0 heterocycles. The summed E-state index contributed by atoms with van der Waals surface area (Å²) in [5.74, 6) is 1.58. The number of carbonyl (C=O) groups is 2. The molecule has 1 aromatic rings. The molecule has 0 aliphatic rings. The van der Waals surface area contributed by atoms with Gasteiger partial charge in [-0.3, -0.25) is 0 Å². The third-order valence-electron chi connectivity index (χ3n) is 2.33. The Labute approximate surface area is 124 Å². The Bertz CT molecular complexity index is 525. The molecule has 1 amide bonds. The van der Waals surface area contributed by atoms with Crippen molar-refractivity contribution in [3.63, 3.8) is 0 Å². The maximum absolute atomic E-state index is 12.0. The zero-order chi connectivity index (χ0) is 15.9. The van der Waals surface area contributed by atoms with E-state index in [0.29, 0.717) is 5.56 Å². The zero-order valence-electron chi connectivity index (χ0n) is 12.4. The van der Waals surface area contributed by atoms with Crippen LogP contribution < -0.4 is 5.32 Å². The average Bonchev–Trinajstić information content (AvgIpc) is 2.41. The van der Waals surface area contributed by atoms with Crippen molar-refractivity contribution in [2.75, 3.05) is 6.61 Å². The van der Waals surface area contributed by atoms with Crippen LogP contribution in [0.5, 0.6) is 0 Å². The van der Waals surface area contributed by atoms with Crippen molar-refractivity contribution in [1.82, 2.24) is 5.32 Å². The molecule has 0 spiro atoms. The Hall–Kier alpha value is -2.48. The van der Waals surface area contributed by atoms with Crippen LogP contribution in [-0.4, -0.2) is 24.3 Å². The van der Waals surface area contributed by atoms with E-state index in [-0.39, 0.29) is 6.61 Å². The Balaban J connectivity index is 2.85. The van der Waals surface area contributed by atoms with Gasteiger partial charge in [0.2, 0.25) is 0 Å². The highest BCUT2D eigenvalue weighted by Crippen LogP contribution is 2.16. The minimum Gasteiger partial charge on any atom is -0.451 e. The van der Waals surface area contributed by atoms with Gasteiger partial charge in [-0.1, -0.05) is 36.3 Å². The summed E-state index contributed by atoms with van der Waals surface area (Å²) >= 11 is 0. The normalized spacial score (nSPS) is 11.9. The molecule has 1 N–H and O–H groups in total. The molecule has 0 aliphatic heterocycles. The van der Waals surface area contributed by atoms with Crippen LogP contribution in [0.4, 0.5) is 4.79 Å². The predicted molar refractivity (Wildman–Crippen MR) is 78.3 cm³/mol. The number of terminal acetylenes is 1. The lowest BCUT2D eigenvalue weighted by Gasteiger charge is -2.23. The maximum atomic E-state index is 12.0. The van der Waals surface area contributed by atoms with Crippen molar-refractivity contribution in [3.05, 3.63) is 35.9 Å². The fourth-order valence-electron chi connectivity index (χ4n) is 1.55. The Morgan fingerprint density at radius 3 is 2.43 bits per heavy atom. The van der Waals surface area contributed by atoms with Crippen LogP contribution in [0.1, 0.15) is 32.4 Å². The van der Waals surface area contributed by atoms with Crippen LogP contribution in [0.15, 0.2) is 30.3 Å². The highest BCUT2D eigenvalue weighted by Gasteiger charge is 2.26. The number of rotatable bonds is 4. The van der Waals surface area contributed by atoms with Gasteiger partial charge >= 0.3 is 12.1 Å². The molecule has 1 aromatic carbocycles. The zero-order valence-corrected chi connectivity index (χ0v) is 12.4. The van der Waals surface area contributed by atoms with E-state index in [0.717, 1.165) is 0 Å². The average molecular weight is 289 g/mol. The van der Waals surface area contributed by atoms with Crippen LogP contribution in [-0.2, 0) is 14.3 Å². The van der Waals surface area contributed by atoms with Crippen molar-refractivity contribution < 1.29 is 19.1 Å². The van der Waals surface area contributed by atoms with Gasteiger partial charge in [0.1, 0.15) is 5.60 Å². The number of carbonyl (C=O) groups excluding carboxylic acids is 2. The number of hydrogen-bond donors (Lipinski definition) is 1. The number of nitrogens with one attached hydrogen (secondary N) is 1. The highest BCUT2D eigenvalue weighted by molar-refractivity contribution is 5.83. The van der Waals surface area contributed by atoms with Crippen LogP contribution in [0, 0.1) is 12.3 Å². The van der Waals surface area contributed by atoms with Crippen LogP contribution in [0.25, 0.3) is 0 Å². The van der Waals surface area contributed by atoms with Gasteiger partial charge in [0, 0.05) is 0 Å². The van der Waals surface area contributed by atoms with E-state index in [2.05, 4.69) is 11.2 Å². The van der Waals surface area contributed by atoms with Gasteiger partial charge in [-0.25, -0.2) is 9.59 Å². The lowest BCUT2D eigenvalue weighted by molar-refractivity contribution is -0.144. The molecule has 112 valence electrons. The number of benzene rings is 1. The minimum atomic E-state index is -0.964. The van der Waals surface area contributed by atoms with Gasteiger partial charge in [0.05, 0.1) is 0 Å². The number of alkyl carbamates (subject to hydrolysis) is 1. The van der Waals surface area contributed by atoms with Crippen molar-refractivity contribution >= 4 is 12.1 Å². The molecule has 1 atom stereocenters. The summed E-state index contributed by atoms with van der Waals surface area (Å²) in [6, 6.07) is 7.77. The van der Waals surface area contributed by atoms with E-state index >= 15 is 0 Å². The van der Waals surface area contributed by atoms with Gasteiger partial charge in [-0.15, -0.1) is 6.42 Å². The van der Waals surface area contributed by atoms with E-state index in [1.807, 2.05) is 0 Å². The summed E-state index contributed by atoms with van der Waals surface area (Å²) in [5.41, 5.74) is -0.0704. The number of ether oxygens (including phenoxy) is 2. The monoisotopic (exact) mass is 289 g/mol. The Morgan fingerprint density at radius 1 is 1.29 bits per heavy atom. The third kappa shape index (κ3) is 6.00. The molecule has 1 rings (SSSR count). The first-order chi connectivity index (χ1) is 9.83. The molecule has 0 aliphatic carbocycles. The van der Waals surface area contributed by atoms with E-state index in [4.69, 9.17) is 15.9 Å². The van der Waals surface area contributed by atoms with Gasteiger partial charge in [-0.2, -0.15) is 0 Å². The van der Waals surface area contributed by atoms with Crippen molar-refractivity contribution in [3.8, 4) is 12.3 Å². The number of hydrogen-bond acceptors (Lipinski definition) is 4. The summed E-state index contributed by atoms with van der Waals surface area (Å²) in [6.07, 6.45) is 4.36.